The maximum absolute atomic E-state index is 12.3. The van der Waals surface area contributed by atoms with Crippen LogP contribution in [0.25, 0.3) is 10.9 Å². The van der Waals surface area contributed by atoms with Gasteiger partial charge in [-0.15, -0.1) is 0 Å². The minimum atomic E-state index is -0.731. The van der Waals surface area contributed by atoms with Gasteiger partial charge in [-0.2, -0.15) is 0 Å². The van der Waals surface area contributed by atoms with E-state index in [0.717, 1.165) is 18.6 Å². The lowest BCUT2D eigenvalue weighted by Gasteiger charge is -2.32. The summed E-state index contributed by atoms with van der Waals surface area (Å²) in [7, 11) is 0. The predicted octanol–water partition coefficient (Wildman–Crippen LogP) is 0.770. The Kier molecular flexibility index (Phi) is 4.54. The van der Waals surface area contributed by atoms with Crippen molar-refractivity contribution in [3.8, 4) is 0 Å². The molecule has 1 fully saturated rings. The fourth-order valence-corrected chi connectivity index (χ4v) is 3.00. The van der Waals surface area contributed by atoms with E-state index in [2.05, 4.69) is 34.3 Å². The van der Waals surface area contributed by atoms with E-state index in [1.54, 1.807) is 0 Å². The van der Waals surface area contributed by atoms with E-state index in [1.807, 2.05) is 29.9 Å². The van der Waals surface area contributed by atoms with Gasteiger partial charge in [-0.25, -0.2) is 0 Å². The molecule has 6 heteroatoms. The molecule has 2 heterocycles. The molecule has 124 valence electrons. The van der Waals surface area contributed by atoms with Crippen molar-refractivity contribution in [1.82, 2.24) is 15.3 Å². The Balaban J connectivity index is 1.55. The van der Waals surface area contributed by atoms with Gasteiger partial charge in [0.15, 0.2) is 0 Å². The number of carbonyl (C=O) groups is 1. The van der Waals surface area contributed by atoms with Crippen molar-refractivity contribution in [2.24, 2.45) is 5.73 Å². The van der Waals surface area contributed by atoms with Crippen molar-refractivity contribution in [1.29, 1.82) is 0 Å². The van der Waals surface area contributed by atoms with Crippen molar-refractivity contribution >= 4 is 16.8 Å². The Hall–Kier alpha value is -2.05. The van der Waals surface area contributed by atoms with Crippen LogP contribution in [0.15, 0.2) is 36.5 Å². The van der Waals surface area contributed by atoms with Crippen LogP contribution in [-0.2, 0) is 4.79 Å². The Morgan fingerprint density at radius 1 is 1.35 bits per heavy atom. The molecule has 1 aliphatic rings. The number of para-hydroxylation sites is 1. The second-order valence-electron chi connectivity index (χ2n) is 6.39. The summed E-state index contributed by atoms with van der Waals surface area (Å²) in [6, 6.07) is 10.3. The summed E-state index contributed by atoms with van der Waals surface area (Å²) in [5.41, 5.74) is 10.00. The number of hydrogen-bond acceptors (Lipinski definition) is 4. The molecule has 0 spiro atoms. The molecule has 6 nitrogen and oxygen atoms in total. The standard InChI is InChI=1S/C17H25N5O/c1-13(12-20-16(23)17(18)7-9-19-10-8-17)21-22-11-6-14-4-2-3-5-15(14)22/h2-6,11,13,19,21H,7-10,12,18H2,1H3,(H,20,23). The predicted molar refractivity (Wildman–Crippen MR) is 92.8 cm³/mol. The van der Waals surface area contributed by atoms with Gasteiger partial charge in [0.25, 0.3) is 0 Å². The quantitative estimate of drug-likeness (QED) is 0.657. The minimum Gasteiger partial charge on any atom is -0.352 e. The van der Waals surface area contributed by atoms with Gasteiger partial charge in [0.2, 0.25) is 5.91 Å². The zero-order valence-electron chi connectivity index (χ0n) is 13.5. The maximum atomic E-state index is 12.3. The number of carbonyl (C=O) groups excluding carboxylic acids is 1. The maximum Gasteiger partial charge on any atom is 0.240 e. The molecule has 1 atom stereocenters. The average Bonchev–Trinajstić information content (AvgIpc) is 2.96. The molecule has 1 amide bonds. The highest BCUT2D eigenvalue weighted by atomic mass is 16.2. The number of benzene rings is 1. The number of nitrogens with two attached hydrogens (primary N) is 1. The summed E-state index contributed by atoms with van der Waals surface area (Å²) in [5, 5.41) is 7.40. The molecular weight excluding hydrogens is 290 g/mol. The molecule has 2 aromatic rings. The van der Waals surface area contributed by atoms with Crippen LogP contribution in [0.1, 0.15) is 19.8 Å². The fraction of sp³-hybridized carbons (Fsp3) is 0.471. The van der Waals surface area contributed by atoms with E-state index in [9.17, 15) is 4.79 Å². The Morgan fingerprint density at radius 2 is 2.09 bits per heavy atom. The Bertz CT molecular complexity index is 674. The largest absolute Gasteiger partial charge is 0.352 e. The van der Waals surface area contributed by atoms with E-state index in [-0.39, 0.29) is 11.9 Å². The second kappa shape index (κ2) is 6.60. The molecule has 1 saturated heterocycles. The number of nitrogens with zero attached hydrogens (tertiary/aromatic N) is 1. The minimum absolute atomic E-state index is 0.0509. The molecule has 23 heavy (non-hydrogen) atoms. The number of hydrogen-bond donors (Lipinski definition) is 4. The molecule has 3 rings (SSSR count). The summed E-state index contributed by atoms with van der Waals surface area (Å²) in [6.07, 6.45) is 3.37. The highest BCUT2D eigenvalue weighted by Gasteiger charge is 2.35. The van der Waals surface area contributed by atoms with Crippen molar-refractivity contribution in [3.05, 3.63) is 36.5 Å². The summed E-state index contributed by atoms with van der Waals surface area (Å²) < 4.78 is 1.99. The molecule has 1 unspecified atom stereocenters. The van der Waals surface area contributed by atoms with Crippen LogP contribution in [0.3, 0.4) is 0 Å². The number of amides is 1. The van der Waals surface area contributed by atoms with Gasteiger partial charge in [0, 0.05) is 18.1 Å². The lowest BCUT2D eigenvalue weighted by atomic mass is 9.88. The van der Waals surface area contributed by atoms with E-state index in [4.69, 9.17) is 5.73 Å². The van der Waals surface area contributed by atoms with Crippen molar-refractivity contribution in [2.75, 3.05) is 25.1 Å². The summed E-state index contributed by atoms with van der Waals surface area (Å²) in [4.78, 5) is 12.3. The fourth-order valence-electron chi connectivity index (χ4n) is 3.00. The average molecular weight is 315 g/mol. The SMILES string of the molecule is CC(CNC(=O)C1(N)CCNCC1)Nn1ccc2ccccc21. The summed E-state index contributed by atoms with van der Waals surface area (Å²) in [6.45, 7) is 4.18. The summed E-state index contributed by atoms with van der Waals surface area (Å²) in [5.74, 6) is -0.0509. The molecule has 1 aliphatic heterocycles. The van der Waals surface area contributed by atoms with Crippen molar-refractivity contribution in [3.63, 3.8) is 0 Å². The third kappa shape index (κ3) is 3.48. The molecular formula is C17H25N5O. The zero-order valence-corrected chi connectivity index (χ0v) is 13.5. The van der Waals surface area contributed by atoms with Crippen LogP contribution >= 0.6 is 0 Å². The molecule has 0 radical (unpaired) electrons. The van der Waals surface area contributed by atoms with E-state index >= 15 is 0 Å². The van der Waals surface area contributed by atoms with Gasteiger partial charge >= 0.3 is 0 Å². The number of nitrogens with one attached hydrogen (secondary N) is 3. The van der Waals surface area contributed by atoms with Crippen LogP contribution in [0.5, 0.6) is 0 Å². The first-order valence-corrected chi connectivity index (χ1v) is 8.19. The van der Waals surface area contributed by atoms with Crippen LogP contribution < -0.4 is 21.8 Å². The first kappa shape index (κ1) is 15.8. The first-order valence-electron chi connectivity index (χ1n) is 8.19. The van der Waals surface area contributed by atoms with Gasteiger partial charge in [0.05, 0.1) is 17.1 Å². The van der Waals surface area contributed by atoms with E-state index in [0.29, 0.717) is 19.4 Å². The monoisotopic (exact) mass is 315 g/mol. The van der Waals surface area contributed by atoms with Gasteiger partial charge in [0.1, 0.15) is 0 Å². The smallest absolute Gasteiger partial charge is 0.240 e. The van der Waals surface area contributed by atoms with Crippen LogP contribution in [0.2, 0.25) is 0 Å². The summed E-state index contributed by atoms with van der Waals surface area (Å²) >= 11 is 0. The molecule has 0 saturated carbocycles. The van der Waals surface area contributed by atoms with Gasteiger partial charge in [-0.05, 0) is 45.0 Å². The zero-order chi connectivity index (χ0) is 16.3. The van der Waals surface area contributed by atoms with Crippen LogP contribution in [0.4, 0.5) is 0 Å². The number of rotatable bonds is 5. The van der Waals surface area contributed by atoms with Gasteiger partial charge in [-0.1, -0.05) is 18.2 Å². The van der Waals surface area contributed by atoms with Crippen LogP contribution in [0, 0.1) is 0 Å². The highest BCUT2D eigenvalue weighted by Crippen LogP contribution is 2.15. The third-order valence-electron chi connectivity index (χ3n) is 4.48. The second-order valence-corrected chi connectivity index (χ2v) is 6.39. The van der Waals surface area contributed by atoms with Gasteiger partial charge < -0.3 is 21.8 Å². The number of fused-ring (bicyclic) bond motifs is 1. The van der Waals surface area contributed by atoms with Crippen molar-refractivity contribution < 1.29 is 4.79 Å². The highest BCUT2D eigenvalue weighted by molar-refractivity contribution is 5.86. The molecule has 0 bridgehead atoms. The first-order chi connectivity index (χ1) is 11.1. The molecule has 1 aromatic heterocycles. The Labute approximate surface area is 136 Å². The topological polar surface area (TPSA) is 84.1 Å². The third-order valence-corrected chi connectivity index (χ3v) is 4.48. The number of aromatic nitrogens is 1. The molecule has 1 aromatic carbocycles. The van der Waals surface area contributed by atoms with Crippen LogP contribution in [-0.4, -0.2) is 41.8 Å². The van der Waals surface area contributed by atoms with Crippen molar-refractivity contribution in [2.45, 2.75) is 31.3 Å². The lowest BCUT2D eigenvalue weighted by Crippen LogP contribution is -2.59. The number of piperidine rings is 1. The molecule has 0 aliphatic carbocycles. The normalized spacial score (nSPS) is 18.5. The van der Waals surface area contributed by atoms with E-state index in [1.165, 1.54) is 5.39 Å². The van der Waals surface area contributed by atoms with E-state index < -0.39 is 5.54 Å². The molecule has 5 N–H and O–H groups in total. The van der Waals surface area contributed by atoms with Gasteiger partial charge in [-0.3, -0.25) is 9.47 Å². The Morgan fingerprint density at radius 3 is 2.87 bits per heavy atom. The lowest BCUT2D eigenvalue weighted by molar-refractivity contribution is -0.127.